The summed E-state index contributed by atoms with van der Waals surface area (Å²) in [5, 5.41) is 0. The van der Waals surface area contributed by atoms with Gasteiger partial charge in [-0.3, -0.25) is 0 Å². The van der Waals surface area contributed by atoms with Crippen molar-refractivity contribution in [2.24, 2.45) is 5.92 Å². The molecule has 0 aromatic heterocycles. The average molecular weight is 253 g/mol. The van der Waals surface area contributed by atoms with Crippen molar-refractivity contribution in [3.05, 3.63) is 29.6 Å². The molecule has 100 valence electrons. The van der Waals surface area contributed by atoms with E-state index in [4.69, 9.17) is 9.47 Å². The zero-order chi connectivity index (χ0) is 13.1. The van der Waals surface area contributed by atoms with E-state index in [0.29, 0.717) is 11.6 Å². The number of methoxy groups -OCH3 is 2. The fourth-order valence-electron chi connectivity index (χ4n) is 2.58. The summed E-state index contributed by atoms with van der Waals surface area (Å²) in [6.45, 7) is 3.51. The molecule has 0 radical (unpaired) electrons. The molecule has 1 saturated heterocycles. The molecule has 3 nitrogen and oxygen atoms in total. The van der Waals surface area contributed by atoms with Crippen LogP contribution in [0.5, 0.6) is 0 Å². The number of benzene rings is 1. The van der Waals surface area contributed by atoms with Crippen molar-refractivity contribution in [2.45, 2.75) is 19.6 Å². The van der Waals surface area contributed by atoms with Crippen LogP contribution in [0.15, 0.2) is 18.2 Å². The van der Waals surface area contributed by atoms with Crippen LogP contribution in [0.3, 0.4) is 0 Å². The molecule has 0 bridgehead atoms. The lowest BCUT2D eigenvalue weighted by Crippen LogP contribution is -2.28. The van der Waals surface area contributed by atoms with E-state index in [0.717, 1.165) is 25.1 Å². The van der Waals surface area contributed by atoms with Gasteiger partial charge in [0.2, 0.25) is 0 Å². The number of aryl methyl sites for hydroxylation is 1. The summed E-state index contributed by atoms with van der Waals surface area (Å²) in [4.78, 5) is 2.06. The van der Waals surface area contributed by atoms with Crippen LogP contribution in [-0.2, 0) is 9.47 Å². The highest BCUT2D eigenvalue weighted by Crippen LogP contribution is 2.29. The first-order valence-electron chi connectivity index (χ1n) is 6.22. The summed E-state index contributed by atoms with van der Waals surface area (Å²) < 4.78 is 24.4. The zero-order valence-corrected chi connectivity index (χ0v) is 11.1. The minimum Gasteiger partial charge on any atom is -0.369 e. The lowest BCUT2D eigenvalue weighted by atomic mass is 10.1. The Morgan fingerprint density at radius 1 is 1.33 bits per heavy atom. The Hall–Kier alpha value is -1.13. The van der Waals surface area contributed by atoms with Gasteiger partial charge in [0, 0.05) is 33.2 Å². The molecule has 0 amide bonds. The first-order chi connectivity index (χ1) is 8.65. The molecule has 1 fully saturated rings. The maximum absolute atomic E-state index is 13.9. The first kappa shape index (κ1) is 13.3. The second kappa shape index (κ2) is 5.67. The minimum atomic E-state index is -0.205. The number of ether oxygens (including phenoxy) is 2. The number of anilines is 1. The second-order valence-electron chi connectivity index (χ2n) is 4.79. The Morgan fingerprint density at radius 3 is 2.67 bits per heavy atom. The van der Waals surface area contributed by atoms with Gasteiger partial charge in [0.05, 0.1) is 5.69 Å². The molecule has 1 aromatic rings. The summed E-state index contributed by atoms with van der Waals surface area (Å²) in [5.74, 6) is 0.141. The van der Waals surface area contributed by atoms with Crippen molar-refractivity contribution in [3.8, 4) is 0 Å². The van der Waals surface area contributed by atoms with Gasteiger partial charge in [-0.25, -0.2) is 4.39 Å². The largest absolute Gasteiger partial charge is 0.369 e. The molecular weight excluding hydrogens is 233 g/mol. The molecule has 1 aliphatic rings. The number of halogens is 1. The van der Waals surface area contributed by atoms with Gasteiger partial charge < -0.3 is 14.4 Å². The van der Waals surface area contributed by atoms with Crippen molar-refractivity contribution in [3.63, 3.8) is 0 Å². The summed E-state index contributed by atoms with van der Waals surface area (Å²) in [7, 11) is 3.28. The standard InChI is InChI=1S/C14H20FNO2/c1-10-4-5-13(12(15)8-10)16-7-6-11(9-16)14(17-2)18-3/h4-5,8,11,14H,6-7,9H2,1-3H3/t11-/m1/s1. The minimum absolute atomic E-state index is 0.151. The van der Waals surface area contributed by atoms with Gasteiger partial charge in [0.25, 0.3) is 0 Å². The van der Waals surface area contributed by atoms with Gasteiger partial charge in [-0.15, -0.1) is 0 Å². The Morgan fingerprint density at radius 2 is 2.06 bits per heavy atom. The number of hydrogen-bond donors (Lipinski definition) is 0. The van der Waals surface area contributed by atoms with Crippen LogP contribution in [0.1, 0.15) is 12.0 Å². The molecule has 0 saturated carbocycles. The van der Waals surface area contributed by atoms with Gasteiger partial charge in [0.15, 0.2) is 6.29 Å². The zero-order valence-electron chi connectivity index (χ0n) is 11.1. The van der Waals surface area contributed by atoms with Crippen LogP contribution in [0, 0.1) is 18.7 Å². The maximum Gasteiger partial charge on any atom is 0.161 e. The van der Waals surface area contributed by atoms with Crippen LogP contribution >= 0.6 is 0 Å². The smallest absolute Gasteiger partial charge is 0.161 e. The third kappa shape index (κ3) is 2.65. The van der Waals surface area contributed by atoms with E-state index in [2.05, 4.69) is 4.90 Å². The average Bonchev–Trinajstić information content (AvgIpc) is 2.80. The molecule has 0 N–H and O–H groups in total. The third-order valence-corrected chi connectivity index (χ3v) is 3.52. The highest BCUT2D eigenvalue weighted by Gasteiger charge is 2.30. The normalized spacial score (nSPS) is 19.8. The van der Waals surface area contributed by atoms with E-state index < -0.39 is 0 Å². The second-order valence-corrected chi connectivity index (χ2v) is 4.79. The molecule has 2 rings (SSSR count). The monoisotopic (exact) mass is 253 g/mol. The predicted molar refractivity (Wildman–Crippen MR) is 69.3 cm³/mol. The maximum atomic E-state index is 13.9. The molecule has 1 aliphatic heterocycles. The number of rotatable bonds is 4. The lowest BCUT2D eigenvalue weighted by Gasteiger charge is -2.22. The van der Waals surface area contributed by atoms with Crippen LogP contribution in [0.25, 0.3) is 0 Å². The van der Waals surface area contributed by atoms with Crippen LogP contribution in [0.4, 0.5) is 10.1 Å². The lowest BCUT2D eigenvalue weighted by molar-refractivity contribution is -0.132. The van der Waals surface area contributed by atoms with Crippen molar-refractivity contribution in [1.29, 1.82) is 0 Å². The van der Waals surface area contributed by atoms with Gasteiger partial charge in [0.1, 0.15) is 5.82 Å². The van der Waals surface area contributed by atoms with E-state index in [1.54, 1.807) is 20.3 Å². The van der Waals surface area contributed by atoms with Crippen molar-refractivity contribution < 1.29 is 13.9 Å². The van der Waals surface area contributed by atoms with E-state index in [1.807, 2.05) is 19.1 Å². The number of hydrogen-bond acceptors (Lipinski definition) is 3. The molecule has 1 heterocycles. The third-order valence-electron chi connectivity index (χ3n) is 3.52. The van der Waals surface area contributed by atoms with Gasteiger partial charge >= 0.3 is 0 Å². The van der Waals surface area contributed by atoms with E-state index >= 15 is 0 Å². The molecular formula is C14H20FNO2. The number of nitrogens with zero attached hydrogens (tertiary/aromatic N) is 1. The quantitative estimate of drug-likeness (QED) is 0.770. The molecule has 1 atom stereocenters. The van der Waals surface area contributed by atoms with Gasteiger partial charge in [-0.1, -0.05) is 6.07 Å². The molecule has 18 heavy (non-hydrogen) atoms. The topological polar surface area (TPSA) is 21.7 Å². The van der Waals surface area contributed by atoms with Gasteiger partial charge in [-0.2, -0.15) is 0 Å². The fraction of sp³-hybridized carbons (Fsp3) is 0.571. The van der Waals surface area contributed by atoms with Crippen LogP contribution in [-0.4, -0.2) is 33.6 Å². The van der Waals surface area contributed by atoms with E-state index in [1.165, 1.54) is 0 Å². The van der Waals surface area contributed by atoms with Crippen molar-refractivity contribution >= 4 is 5.69 Å². The fourth-order valence-corrected chi connectivity index (χ4v) is 2.58. The highest BCUT2D eigenvalue weighted by molar-refractivity contribution is 5.49. The summed E-state index contributed by atoms with van der Waals surface area (Å²) in [5.41, 5.74) is 1.62. The molecule has 0 spiro atoms. The Balaban J connectivity index is 2.08. The molecule has 4 heteroatoms. The van der Waals surface area contributed by atoms with Crippen molar-refractivity contribution in [1.82, 2.24) is 0 Å². The highest BCUT2D eigenvalue weighted by atomic mass is 19.1. The summed E-state index contributed by atoms with van der Waals surface area (Å²) in [6.07, 6.45) is 0.753. The predicted octanol–water partition coefficient (Wildman–Crippen LogP) is 2.58. The summed E-state index contributed by atoms with van der Waals surface area (Å²) >= 11 is 0. The van der Waals surface area contributed by atoms with E-state index in [-0.39, 0.29) is 12.1 Å². The first-order valence-corrected chi connectivity index (χ1v) is 6.22. The molecule has 1 aromatic carbocycles. The molecule has 0 aliphatic carbocycles. The SMILES string of the molecule is COC(OC)[C@@H]1CCN(c2ccc(C)cc2F)C1. The molecule has 0 unspecified atom stereocenters. The Bertz CT molecular complexity index is 407. The van der Waals surface area contributed by atoms with E-state index in [9.17, 15) is 4.39 Å². The Kier molecular flexibility index (Phi) is 4.19. The Labute approximate surface area is 107 Å². The van der Waals surface area contributed by atoms with Crippen LogP contribution in [0.2, 0.25) is 0 Å². The summed E-state index contributed by atoms with van der Waals surface area (Å²) in [6, 6.07) is 5.37. The van der Waals surface area contributed by atoms with Gasteiger partial charge in [-0.05, 0) is 31.0 Å². The van der Waals surface area contributed by atoms with Crippen LogP contribution < -0.4 is 4.90 Å². The van der Waals surface area contributed by atoms with Crippen molar-refractivity contribution in [2.75, 3.05) is 32.2 Å².